The summed E-state index contributed by atoms with van der Waals surface area (Å²) in [5, 5.41) is 0. The summed E-state index contributed by atoms with van der Waals surface area (Å²) < 4.78 is 10.7. The topological polar surface area (TPSA) is 35.5 Å². The molecule has 94 valence electrons. The molecule has 1 rings (SSSR count). The van der Waals surface area contributed by atoms with Gasteiger partial charge in [-0.3, -0.25) is 0 Å². The molecule has 0 aliphatic heterocycles. The Morgan fingerprint density at radius 2 is 2.06 bits per heavy atom. The second-order valence-electron chi connectivity index (χ2n) is 3.42. The Morgan fingerprint density at radius 1 is 1.35 bits per heavy atom. The first-order valence-corrected chi connectivity index (χ1v) is 6.91. The van der Waals surface area contributed by atoms with Crippen molar-refractivity contribution in [3.63, 3.8) is 0 Å². The quantitative estimate of drug-likeness (QED) is 0.577. The van der Waals surface area contributed by atoms with Gasteiger partial charge in [0.15, 0.2) is 6.10 Å². The van der Waals surface area contributed by atoms with Crippen molar-refractivity contribution in [2.45, 2.75) is 31.3 Å². The van der Waals surface area contributed by atoms with Crippen LogP contribution in [-0.2, 0) is 9.53 Å². The van der Waals surface area contributed by atoms with E-state index < -0.39 is 6.10 Å². The molecule has 0 saturated heterocycles. The van der Waals surface area contributed by atoms with E-state index in [-0.39, 0.29) is 5.97 Å². The van der Waals surface area contributed by atoms with E-state index in [1.54, 1.807) is 18.7 Å². The summed E-state index contributed by atoms with van der Waals surface area (Å²) in [5.74, 6) is 0.436. The minimum Gasteiger partial charge on any atom is -0.478 e. The van der Waals surface area contributed by atoms with Gasteiger partial charge in [0.1, 0.15) is 5.75 Å². The SMILES string of the molecule is CCOC(=O)C(CC)Oc1ccccc1SC. The van der Waals surface area contributed by atoms with Crippen LogP contribution in [0.4, 0.5) is 0 Å². The molecular weight excluding hydrogens is 236 g/mol. The molecule has 17 heavy (non-hydrogen) atoms. The number of thioether (sulfide) groups is 1. The largest absolute Gasteiger partial charge is 0.478 e. The normalized spacial score (nSPS) is 11.9. The highest BCUT2D eigenvalue weighted by molar-refractivity contribution is 7.98. The Bertz CT molecular complexity index is 365. The zero-order chi connectivity index (χ0) is 12.7. The second kappa shape index (κ2) is 7.22. The van der Waals surface area contributed by atoms with E-state index in [1.165, 1.54) is 0 Å². The molecule has 0 N–H and O–H groups in total. The summed E-state index contributed by atoms with van der Waals surface area (Å²) in [6, 6.07) is 7.68. The van der Waals surface area contributed by atoms with E-state index >= 15 is 0 Å². The highest BCUT2D eigenvalue weighted by Gasteiger charge is 2.20. The van der Waals surface area contributed by atoms with E-state index in [2.05, 4.69) is 0 Å². The van der Waals surface area contributed by atoms with Gasteiger partial charge >= 0.3 is 5.97 Å². The predicted octanol–water partition coefficient (Wildman–Crippen LogP) is 3.13. The molecule has 0 amide bonds. The number of ether oxygens (including phenoxy) is 2. The monoisotopic (exact) mass is 254 g/mol. The minimum absolute atomic E-state index is 0.300. The van der Waals surface area contributed by atoms with Crippen LogP contribution in [0.3, 0.4) is 0 Å². The van der Waals surface area contributed by atoms with E-state index in [9.17, 15) is 4.79 Å². The van der Waals surface area contributed by atoms with E-state index in [0.717, 1.165) is 10.6 Å². The van der Waals surface area contributed by atoms with E-state index in [1.807, 2.05) is 37.4 Å². The molecule has 4 heteroatoms. The number of esters is 1. The first kappa shape index (κ1) is 13.9. The summed E-state index contributed by atoms with van der Waals surface area (Å²) in [6.07, 6.45) is 2.05. The Labute approximate surface area is 106 Å². The third-order valence-electron chi connectivity index (χ3n) is 2.26. The molecule has 3 nitrogen and oxygen atoms in total. The molecule has 0 bridgehead atoms. The van der Waals surface area contributed by atoms with Crippen molar-refractivity contribution in [3.05, 3.63) is 24.3 Å². The Hall–Kier alpha value is -1.16. The molecule has 1 atom stereocenters. The second-order valence-corrected chi connectivity index (χ2v) is 4.27. The zero-order valence-corrected chi connectivity index (χ0v) is 11.3. The van der Waals surface area contributed by atoms with Gasteiger partial charge < -0.3 is 9.47 Å². The predicted molar refractivity (Wildman–Crippen MR) is 69.6 cm³/mol. The van der Waals surface area contributed by atoms with E-state index in [0.29, 0.717) is 13.0 Å². The fourth-order valence-corrected chi connectivity index (χ4v) is 1.93. The summed E-state index contributed by atoms with van der Waals surface area (Å²) >= 11 is 1.60. The highest BCUT2D eigenvalue weighted by atomic mass is 32.2. The standard InChI is InChI=1S/C13H18O3S/c1-4-10(13(14)15-5-2)16-11-8-6-7-9-12(11)17-3/h6-10H,4-5H2,1-3H3. The average molecular weight is 254 g/mol. The minimum atomic E-state index is -0.525. The lowest BCUT2D eigenvalue weighted by atomic mass is 10.2. The fourth-order valence-electron chi connectivity index (χ4n) is 1.40. The van der Waals surface area contributed by atoms with Crippen molar-refractivity contribution in [2.75, 3.05) is 12.9 Å². The number of rotatable bonds is 6. The van der Waals surface area contributed by atoms with Gasteiger partial charge in [0.25, 0.3) is 0 Å². The lowest BCUT2D eigenvalue weighted by Crippen LogP contribution is -2.28. The number of carbonyl (C=O) groups is 1. The van der Waals surface area contributed by atoms with Gasteiger partial charge in [-0.25, -0.2) is 4.79 Å². The molecule has 1 unspecified atom stereocenters. The smallest absolute Gasteiger partial charge is 0.347 e. The number of hydrogen-bond donors (Lipinski definition) is 0. The van der Waals surface area contributed by atoms with E-state index in [4.69, 9.17) is 9.47 Å². The van der Waals surface area contributed by atoms with Crippen LogP contribution in [-0.4, -0.2) is 24.9 Å². The summed E-state index contributed by atoms with van der Waals surface area (Å²) in [5.41, 5.74) is 0. The molecule has 1 aromatic carbocycles. The number of hydrogen-bond acceptors (Lipinski definition) is 4. The van der Waals surface area contributed by atoms with Gasteiger partial charge in [-0.15, -0.1) is 11.8 Å². The van der Waals surface area contributed by atoms with Crippen LogP contribution in [0.1, 0.15) is 20.3 Å². The zero-order valence-electron chi connectivity index (χ0n) is 10.4. The maximum Gasteiger partial charge on any atom is 0.347 e. The number of para-hydroxylation sites is 1. The summed E-state index contributed by atoms with van der Waals surface area (Å²) in [7, 11) is 0. The molecule has 0 aliphatic rings. The molecule has 0 fully saturated rings. The maximum atomic E-state index is 11.6. The molecule has 0 saturated carbocycles. The number of carbonyl (C=O) groups excluding carboxylic acids is 1. The molecule has 1 aromatic rings. The highest BCUT2D eigenvalue weighted by Crippen LogP contribution is 2.28. The Morgan fingerprint density at radius 3 is 2.65 bits per heavy atom. The molecular formula is C13H18O3S. The summed E-state index contributed by atoms with van der Waals surface area (Å²) in [6.45, 7) is 4.08. The maximum absolute atomic E-state index is 11.6. The van der Waals surface area contributed by atoms with Gasteiger partial charge in [-0.1, -0.05) is 19.1 Å². The first-order valence-electron chi connectivity index (χ1n) is 5.69. The molecule has 0 spiro atoms. The molecule has 0 radical (unpaired) electrons. The third kappa shape index (κ3) is 3.97. The van der Waals surface area contributed by atoms with Crippen LogP contribution in [0.25, 0.3) is 0 Å². The third-order valence-corrected chi connectivity index (χ3v) is 3.04. The molecule has 0 aliphatic carbocycles. The first-order chi connectivity index (χ1) is 8.22. The van der Waals surface area contributed by atoms with Gasteiger partial charge in [0, 0.05) is 4.90 Å². The van der Waals surface area contributed by atoms with Crippen LogP contribution in [0.15, 0.2) is 29.2 Å². The average Bonchev–Trinajstić information content (AvgIpc) is 2.36. The van der Waals surface area contributed by atoms with Gasteiger partial charge in [-0.2, -0.15) is 0 Å². The van der Waals surface area contributed by atoms with Gasteiger partial charge in [0.2, 0.25) is 0 Å². The number of benzene rings is 1. The van der Waals surface area contributed by atoms with Crippen molar-refractivity contribution >= 4 is 17.7 Å². The van der Waals surface area contributed by atoms with Gasteiger partial charge in [-0.05, 0) is 31.7 Å². The lowest BCUT2D eigenvalue weighted by molar-refractivity contribution is -0.151. The van der Waals surface area contributed by atoms with Crippen LogP contribution < -0.4 is 4.74 Å². The fraction of sp³-hybridized carbons (Fsp3) is 0.462. The van der Waals surface area contributed by atoms with Crippen LogP contribution >= 0.6 is 11.8 Å². The van der Waals surface area contributed by atoms with Crippen LogP contribution in [0, 0.1) is 0 Å². The summed E-state index contributed by atoms with van der Waals surface area (Å²) in [4.78, 5) is 12.6. The van der Waals surface area contributed by atoms with Crippen molar-refractivity contribution in [3.8, 4) is 5.75 Å². The molecule has 0 heterocycles. The van der Waals surface area contributed by atoms with Crippen molar-refractivity contribution < 1.29 is 14.3 Å². The van der Waals surface area contributed by atoms with Crippen molar-refractivity contribution in [1.29, 1.82) is 0 Å². The van der Waals surface area contributed by atoms with Gasteiger partial charge in [0.05, 0.1) is 6.61 Å². The lowest BCUT2D eigenvalue weighted by Gasteiger charge is -2.17. The Kier molecular flexibility index (Phi) is 5.91. The van der Waals surface area contributed by atoms with Crippen LogP contribution in [0.2, 0.25) is 0 Å². The van der Waals surface area contributed by atoms with Crippen molar-refractivity contribution in [1.82, 2.24) is 0 Å². The molecule has 0 aromatic heterocycles. The Balaban J connectivity index is 2.76. The van der Waals surface area contributed by atoms with Crippen LogP contribution in [0.5, 0.6) is 5.75 Å². The van der Waals surface area contributed by atoms with Crippen molar-refractivity contribution in [2.24, 2.45) is 0 Å².